The first kappa shape index (κ1) is 13.5. The van der Waals surface area contributed by atoms with Gasteiger partial charge < -0.3 is 5.73 Å². The summed E-state index contributed by atoms with van der Waals surface area (Å²) in [5, 5.41) is 0.939. The van der Waals surface area contributed by atoms with Crippen LogP contribution in [-0.2, 0) is 0 Å². The van der Waals surface area contributed by atoms with Crippen LogP contribution in [0, 0.1) is 12.8 Å². The largest absolute Gasteiger partial charge is 0.397 e. The Labute approximate surface area is 132 Å². The molecule has 2 N–H and O–H groups in total. The van der Waals surface area contributed by atoms with Crippen molar-refractivity contribution in [3.05, 3.63) is 46.8 Å². The van der Waals surface area contributed by atoms with E-state index in [1.54, 1.807) is 0 Å². The van der Waals surface area contributed by atoms with Gasteiger partial charge in [0, 0.05) is 16.9 Å². The number of pyridine rings is 1. The van der Waals surface area contributed by atoms with E-state index in [-0.39, 0.29) is 11.7 Å². The van der Waals surface area contributed by atoms with Gasteiger partial charge in [-0.15, -0.1) is 11.3 Å². The van der Waals surface area contributed by atoms with Gasteiger partial charge in [0.15, 0.2) is 5.78 Å². The minimum absolute atomic E-state index is 0.185. The summed E-state index contributed by atoms with van der Waals surface area (Å²) in [7, 11) is 0. The van der Waals surface area contributed by atoms with Gasteiger partial charge >= 0.3 is 0 Å². The monoisotopic (exact) mass is 308 g/mol. The van der Waals surface area contributed by atoms with Crippen molar-refractivity contribution >= 4 is 33.0 Å². The molecule has 2 aromatic heterocycles. The van der Waals surface area contributed by atoms with Crippen LogP contribution in [0.2, 0.25) is 0 Å². The second kappa shape index (κ2) is 4.92. The van der Waals surface area contributed by atoms with Crippen molar-refractivity contribution in [3.8, 4) is 11.3 Å². The smallest absolute Gasteiger partial charge is 0.178 e. The van der Waals surface area contributed by atoms with E-state index in [0.29, 0.717) is 10.6 Å². The third-order valence-electron chi connectivity index (χ3n) is 4.14. The highest BCUT2D eigenvalue weighted by Crippen LogP contribution is 2.41. The highest BCUT2D eigenvalue weighted by Gasteiger charge is 2.33. The van der Waals surface area contributed by atoms with Crippen molar-refractivity contribution in [1.82, 2.24) is 4.98 Å². The Morgan fingerprint density at radius 2 is 2.00 bits per heavy atom. The predicted molar refractivity (Wildman–Crippen MR) is 91.3 cm³/mol. The molecule has 0 radical (unpaired) electrons. The molecule has 2 heterocycles. The summed E-state index contributed by atoms with van der Waals surface area (Å²) in [5.74, 6) is 0.380. The van der Waals surface area contributed by atoms with E-state index in [0.717, 1.165) is 39.9 Å². The molecule has 0 spiro atoms. The number of nitrogens with two attached hydrogens (primary N) is 1. The second-order valence-corrected chi connectivity index (χ2v) is 6.85. The number of aryl methyl sites for hydroxylation is 1. The zero-order valence-electron chi connectivity index (χ0n) is 12.3. The first-order valence-electron chi connectivity index (χ1n) is 7.44. The van der Waals surface area contributed by atoms with Crippen LogP contribution in [0.4, 0.5) is 5.69 Å². The van der Waals surface area contributed by atoms with E-state index in [2.05, 4.69) is 0 Å². The minimum Gasteiger partial charge on any atom is -0.397 e. The summed E-state index contributed by atoms with van der Waals surface area (Å²) in [6.07, 6.45) is 1.99. The Bertz CT molecular complexity index is 879. The number of nitrogen functional groups attached to an aromatic ring is 1. The van der Waals surface area contributed by atoms with Crippen molar-refractivity contribution in [3.63, 3.8) is 0 Å². The van der Waals surface area contributed by atoms with Crippen molar-refractivity contribution in [2.24, 2.45) is 5.92 Å². The van der Waals surface area contributed by atoms with E-state index in [4.69, 9.17) is 10.7 Å². The topological polar surface area (TPSA) is 56.0 Å². The third kappa shape index (κ3) is 2.11. The number of ketones is 1. The van der Waals surface area contributed by atoms with E-state index < -0.39 is 0 Å². The molecule has 3 nitrogen and oxygen atoms in total. The molecule has 1 aromatic carbocycles. The molecule has 1 fully saturated rings. The number of Topliss-reactive ketones (excluding diaryl/α,β-unsaturated/α-hetero) is 1. The maximum Gasteiger partial charge on any atom is 0.178 e. The van der Waals surface area contributed by atoms with Gasteiger partial charge in [-0.25, -0.2) is 4.98 Å². The Morgan fingerprint density at radius 3 is 2.68 bits per heavy atom. The van der Waals surface area contributed by atoms with E-state index in [9.17, 15) is 4.79 Å². The number of fused-ring (bicyclic) bond motifs is 1. The van der Waals surface area contributed by atoms with Crippen molar-refractivity contribution in [2.45, 2.75) is 19.8 Å². The fourth-order valence-corrected chi connectivity index (χ4v) is 3.97. The van der Waals surface area contributed by atoms with E-state index in [1.807, 2.05) is 43.3 Å². The van der Waals surface area contributed by atoms with Crippen LogP contribution < -0.4 is 5.73 Å². The predicted octanol–water partition coefficient (Wildman–Crippen LogP) is 4.45. The standard InChI is InChI=1S/C18H16N2OS/c1-10-9-13(11-5-3-2-4-6-11)20-18-14(10)15(19)17(22-18)16(21)12-7-8-12/h2-6,9,12H,7-8,19H2,1H3. The molecule has 4 rings (SSSR count). The van der Waals surface area contributed by atoms with Gasteiger partial charge in [0.1, 0.15) is 4.83 Å². The first-order chi connectivity index (χ1) is 10.6. The number of anilines is 1. The normalized spacial score (nSPS) is 14.4. The van der Waals surface area contributed by atoms with Gasteiger partial charge in [0.25, 0.3) is 0 Å². The van der Waals surface area contributed by atoms with Crippen molar-refractivity contribution < 1.29 is 4.79 Å². The summed E-state index contributed by atoms with van der Waals surface area (Å²) in [6, 6.07) is 12.1. The maximum absolute atomic E-state index is 12.4. The summed E-state index contributed by atoms with van der Waals surface area (Å²) in [6.45, 7) is 2.03. The van der Waals surface area contributed by atoms with Crippen molar-refractivity contribution in [1.29, 1.82) is 0 Å². The number of carbonyl (C=O) groups is 1. The van der Waals surface area contributed by atoms with Crippen LogP contribution in [0.15, 0.2) is 36.4 Å². The average molecular weight is 308 g/mol. The summed E-state index contributed by atoms with van der Waals surface area (Å²) >= 11 is 1.44. The fourth-order valence-electron chi connectivity index (χ4n) is 2.78. The number of rotatable bonds is 3. The van der Waals surface area contributed by atoms with E-state index in [1.165, 1.54) is 11.3 Å². The number of thiophene rings is 1. The van der Waals surface area contributed by atoms with Gasteiger partial charge in [0.2, 0.25) is 0 Å². The minimum atomic E-state index is 0.185. The molecule has 0 bridgehead atoms. The Hall–Kier alpha value is -2.20. The Kier molecular flexibility index (Phi) is 3.01. The van der Waals surface area contributed by atoms with Crippen LogP contribution in [-0.4, -0.2) is 10.8 Å². The lowest BCUT2D eigenvalue weighted by Gasteiger charge is -2.04. The Balaban J connectivity index is 1.89. The third-order valence-corrected chi connectivity index (χ3v) is 5.25. The SMILES string of the molecule is Cc1cc(-c2ccccc2)nc2sc(C(=O)C3CC3)c(N)c12. The summed E-state index contributed by atoms with van der Waals surface area (Å²) < 4.78 is 0. The molecule has 0 aliphatic heterocycles. The average Bonchev–Trinajstić information content (AvgIpc) is 3.32. The van der Waals surface area contributed by atoms with Gasteiger partial charge in [-0.1, -0.05) is 30.3 Å². The van der Waals surface area contributed by atoms with Gasteiger partial charge in [-0.05, 0) is 31.4 Å². The van der Waals surface area contributed by atoms with Gasteiger partial charge in [-0.3, -0.25) is 4.79 Å². The number of aromatic nitrogens is 1. The summed E-state index contributed by atoms with van der Waals surface area (Å²) in [4.78, 5) is 18.7. The lowest BCUT2D eigenvalue weighted by molar-refractivity contribution is 0.0972. The highest BCUT2D eigenvalue weighted by atomic mass is 32.1. The maximum atomic E-state index is 12.4. The molecule has 110 valence electrons. The molecule has 0 atom stereocenters. The van der Waals surface area contributed by atoms with Crippen LogP contribution in [0.3, 0.4) is 0 Å². The second-order valence-electron chi connectivity index (χ2n) is 5.85. The van der Waals surface area contributed by atoms with Crippen LogP contribution in [0.5, 0.6) is 0 Å². The lowest BCUT2D eigenvalue weighted by Crippen LogP contribution is -2.01. The van der Waals surface area contributed by atoms with Crippen LogP contribution in [0.1, 0.15) is 28.1 Å². The lowest BCUT2D eigenvalue weighted by atomic mass is 10.1. The van der Waals surface area contributed by atoms with Crippen LogP contribution in [0.25, 0.3) is 21.5 Å². The molecule has 22 heavy (non-hydrogen) atoms. The molecule has 1 aliphatic rings. The fraction of sp³-hybridized carbons (Fsp3) is 0.222. The molecular formula is C18H16N2OS. The number of nitrogens with zero attached hydrogens (tertiary/aromatic N) is 1. The molecule has 0 unspecified atom stereocenters. The molecule has 1 aliphatic carbocycles. The number of hydrogen-bond donors (Lipinski definition) is 1. The summed E-state index contributed by atoms with van der Waals surface area (Å²) in [5.41, 5.74) is 9.94. The quantitative estimate of drug-likeness (QED) is 0.727. The highest BCUT2D eigenvalue weighted by molar-refractivity contribution is 7.21. The molecular weight excluding hydrogens is 292 g/mol. The molecule has 0 amide bonds. The molecule has 1 saturated carbocycles. The number of benzene rings is 1. The van der Waals surface area contributed by atoms with Crippen LogP contribution >= 0.6 is 11.3 Å². The zero-order chi connectivity index (χ0) is 15.3. The zero-order valence-corrected chi connectivity index (χ0v) is 13.1. The van der Waals surface area contributed by atoms with E-state index >= 15 is 0 Å². The molecule has 4 heteroatoms. The van der Waals surface area contributed by atoms with Crippen molar-refractivity contribution in [2.75, 3.05) is 5.73 Å². The Morgan fingerprint density at radius 1 is 1.27 bits per heavy atom. The molecule has 0 saturated heterocycles. The van der Waals surface area contributed by atoms with Gasteiger partial charge in [0.05, 0.1) is 16.3 Å². The number of hydrogen-bond acceptors (Lipinski definition) is 4. The van der Waals surface area contributed by atoms with Gasteiger partial charge in [-0.2, -0.15) is 0 Å². The molecule has 3 aromatic rings. The number of carbonyl (C=O) groups excluding carboxylic acids is 1. The first-order valence-corrected chi connectivity index (χ1v) is 8.26.